The molecule has 0 spiro atoms. The molecule has 0 saturated carbocycles. The van der Waals surface area contributed by atoms with Gasteiger partial charge in [0.1, 0.15) is 19.8 Å². The van der Waals surface area contributed by atoms with E-state index < -0.39 is 26.0 Å². The summed E-state index contributed by atoms with van der Waals surface area (Å²) >= 11 is 0. The number of quaternary nitrogens is 1. The van der Waals surface area contributed by atoms with Crippen LogP contribution in [-0.2, 0) is 27.9 Å². The lowest BCUT2D eigenvalue weighted by atomic mass is 10.0. The molecule has 0 fully saturated rings. The average molecular weight is 834 g/mol. The fourth-order valence-corrected chi connectivity index (χ4v) is 6.35. The van der Waals surface area contributed by atoms with Crippen molar-refractivity contribution < 1.29 is 42.4 Å². The molecular formula is C48H84NO8P. The molecule has 2 unspecified atom stereocenters. The van der Waals surface area contributed by atoms with Gasteiger partial charge < -0.3 is 33.0 Å². The van der Waals surface area contributed by atoms with E-state index in [-0.39, 0.29) is 26.2 Å². The lowest BCUT2D eigenvalue weighted by Crippen LogP contribution is -2.37. The third kappa shape index (κ3) is 43.1. The summed E-state index contributed by atoms with van der Waals surface area (Å²) in [6.07, 6.45) is 50.2. The lowest BCUT2D eigenvalue weighted by Gasteiger charge is -2.28. The minimum atomic E-state index is -4.58. The fraction of sp³-hybridized carbons (Fsp3) is 0.688. The monoisotopic (exact) mass is 834 g/mol. The van der Waals surface area contributed by atoms with Crippen LogP contribution in [0.5, 0.6) is 0 Å². The summed E-state index contributed by atoms with van der Waals surface area (Å²) in [4.78, 5) is 25.0. The molecule has 0 bridgehead atoms. The van der Waals surface area contributed by atoms with Crippen molar-refractivity contribution in [2.24, 2.45) is 0 Å². The van der Waals surface area contributed by atoms with E-state index in [9.17, 15) is 19.4 Å². The second kappa shape index (κ2) is 39.9. The van der Waals surface area contributed by atoms with Crippen molar-refractivity contribution in [1.82, 2.24) is 0 Å². The molecule has 0 aromatic rings. The Balaban J connectivity index is 4.48. The molecule has 3 atom stereocenters. The molecule has 0 aliphatic heterocycles. The molecule has 0 aromatic heterocycles. The zero-order valence-electron chi connectivity index (χ0n) is 37.3. The van der Waals surface area contributed by atoms with Crippen LogP contribution in [0.1, 0.15) is 155 Å². The van der Waals surface area contributed by atoms with E-state index in [0.29, 0.717) is 23.9 Å². The molecule has 0 aliphatic rings. The number of phosphoric acid groups is 1. The molecule has 0 heterocycles. The first-order valence-electron chi connectivity index (χ1n) is 22.5. The topological polar surface area (TPSA) is 114 Å². The summed E-state index contributed by atoms with van der Waals surface area (Å²) in [7, 11) is 1.24. The van der Waals surface area contributed by atoms with Crippen LogP contribution in [0, 0.1) is 0 Å². The van der Waals surface area contributed by atoms with Crippen LogP contribution >= 0.6 is 7.82 Å². The van der Waals surface area contributed by atoms with Crippen LogP contribution in [0.4, 0.5) is 0 Å². The number of aliphatic hydroxyl groups is 1. The Morgan fingerprint density at radius 3 is 1.86 bits per heavy atom. The number of carbonyl (C=O) groups is 1. The first-order chi connectivity index (χ1) is 28.0. The van der Waals surface area contributed by atoms with Gasteiger partial charge in [0.15, 0.2) is 6.10 Å². The smallest absolute Gasteiger partial charge is 0.306 e. The van der Waals surface area contributed by atoms with E-state index in [1.54, 1.807) is 12.3 Å². The van der Waals surface area contributed by atoms with Crippen molar-refractivity contribution in [1.29, 1.82) is 0 Å². The molecule has 0 rings (SSSR count). The zero-order valence-corrected chi connectivity index (χ0v) is 38.2. The number of hydrogen-bond acceptors (Lipinski definition) is 8. The second-order valence-electron chi connectivity index (χ2n) is 15.9. The van der Waals surface area contributed by atoms with Gasteiger partial charge in [0.25, 0.3) is 7.82 Å². The maximum absolute atomic E-state index is 12.6. The van der Waals surface area contributed by atoms with Gasteiger partial charge >= 0.3 is 5.97 Å². The van der Waals surface area contributed by atoms with E-state index in [2.05, 4.69) is 44.2 Å². The molecule has 0 radical (unpaired) electrons. The highest BCUT2D eigenvalue weighted by Gasteiger charge is 2.20. The van der Waals surface area contributed by atoms with Crippen molar-refractivity contribution in [3.63, 3.8) is 0 Å². The third-order valence-corrected chi connectivity index (χ3v) is 10.1. The molecule has 0 aliphatic carbocycles. The summed E-state index contributed by atoms with van der Waals surface area (Å²) in [6, 6.07) is 0. The van der Waals surface area contributed by atoms with Gasteiger partial charge in [0.05, 0.1) is 40.1 Å². The SMILES string of the molecule is CC/C=C\C/C=C\CC(O)/C=C/C=C\C/C=C\C/C=C\CCC(=O)O[C@H](CO/C=C/CCCCCCCCCCCCCCCC)COP(=O)([O-])OCC[N+](C)(C)C. The molecular weight excluding hydrogens is 750 g/mol. The van der Waals surface area contributed by atoms with Gasteiger partial charge in [0, 0.05) is 6.42 Å². The number of phosphoric ester groups is 1. The van der Waals surface area contributed by atoms with Crippen molar-refractivity contribution in [3.05, 3.63) is 85.3 Å². The molecule has 58 heavy (non-hydrogen) atoms. The summed E-state index contributed by atoms with van der Waals surface area (Å²) in [6.45, 7) is 4.44. The number of esters is 1. The number of allylic oxidation sites excluding steroid dienone is 11. The van der Waals surface area contributed by atoms with Gasteiger partial charge in [-0.15, -0.1) is 0 Å². The van der Waals surface area contributed by atoms with E-state index in [4.69, 9.17) is 18.5 Å². The Morgan fingerprint density at radius 2 is 1.24 bits per heavy atom. The van der Waals surface area contributed by atoms with Gasteiger partial charge in [-0.05, 0) is 57.4 Å². The van der Waals surface area contributed by atoms with E-state index in [1.807, 2.05) is 63.7 Å². The number of unbranched alkanes of at least 4 members (excludes halogenated alkanes) is 14. The number of hydrogen-bond donors (Lipinski definition) is 1. The number of aliphatic hydroxyl groups excluding tert-OH is 1. The minimum Gasteiger partial charge on any atom is -0.756 e. The second-order valence-corrected chi connectivity index (χ2v) is 17.4. The highest BCUT2D eigenvalue weighted by molar-refractivity contribution is 7.45. The predicted molar refractivity (Wildman–Crippen MR) is 241 cm³/mol. The molecule has 1 N–H and O–H groups in total. The summed E-state index contributed by atoms with van der Waals surface area (Å²) in [5.41, 5.74) is 0. The summed E-state index contributed by atoms with van der Waals surface area (Å²) in [5, 5.41) is 10.0. The Labute approximate surface area is 355 Å². The third-order valence-electron chi connectivity index (χ3n) is 9.12. The Kier molecular flexibility index (Phi) is 38.2. The van der Waals surface area contributed by atoms with Gasteiger partial charge in [0.2, 0.25) is 0 Å². The number of rotatable bonds is 40. The van der Waals surface area contributed by atoms with Gasteiger partial charge in [-0.1, -0.05) is 170 Å². The standard InChI is InChI=1S/C48H84NO8P/c1-6-8-10-12-14-15-16-17-18-19-20-23-26-29-33-37-42-54-44-47(45-56-58(52,53)55-43-41-49(3,4)5)57-48(51)40-36-32-28-25-22-21-24-27-31-35-39-46(50)38-34-30-13-11-9-7-2/h9,11,21-22,27-28,30-32,34-35,37,39,42,46-47,50H,6-8,10,12-20,23-26,29,33,36,38,40-41,43-45H2,1-5H3/b11-9-,22-21-,31-27-,32-28-,34-30-,39-35+,42-37+/t46?,47-/m1/s1. The van der Waals surface area contributed by atoms with Crippen LogP contribution < -0.4 is 4.89 Å². The quantitative estimate of drug-likeness (QED) is 0.0123. The van der Waals surface area contributed by atoms with Crippen molar-refractivity contribution in [2.45, 2.75) is 167 Å². The van der Waals surface area contributed by atoms with E-state index in [0.717, 1.165) is 38.5 Å². The lowest BCUT2D eigenvalue weighted by molar-refractivity contribution is -0.870. The molecule has 9 nitrogen and oxygen atoms in total. The van der Waals surface area contributed by atoms with Crippen LogP contribution in [0.15, 0.2) is 85.3 Å². The number of likely N-dealkylation sites (N-methyl/N-ethyl adjacent to an activating group) is 1. The van der Waals surface area contributed by atoms with Crippen LogP contribution in [0.2, 0.25) is 0 Å². The summed E-state index contributed by atoms with van der Waals surface area (Å²) < 4.78 is 34.2. The molecule has 334 valence electrons. The number of ether oxygens (including phenoxy) is 2. The molecule has 0 aromatic carbocycles. The fourth-order valence-electron chi connectivity index (χ4n) is 5.62. The van der Waals surface area contributed by atoms with E-state index in [1.165, 1.54) is 83.5 Å². The zero-order chi connectivity index (χ0) is 42.8. The highest BCUT2D eigenvalue weighted by atomic mass is 31.2. The Morgan fingerprint density at radius 1 is 0.672 bits per heavy atom. The largest absolute Gasteiger partial charge is 0.756 e. The minimum absolute atomic E-state index is 0.00998. The molecule has 10 heteroatoms. The first-order valence-corrected chi connectivity index (χ1v) is 23.9. The van der Waals surface area contributed by atoms with Gasteiger partial charge in [-0.2, -0.15) is 0 Å². The average Bonchev–Trinajstić information content (AvgIpc) is 3.17. The maximum Gasteiger partial charge on any atom is 0.306 e. The number of nitrogens with zero attached hydrogens (tertiary/aromatic N) is 1. The summed E-state index contributed by atoms with van der Waals surface area (Å²) in [5.74, 6) is -0.459. The molecule has 0 amide bonds. The number of carbonyl (C=O) groups excluding carboxylic acids is 1. The van der Waals surface area contributed by atoms with Gasteiger partial charge in [-0.3, -0.25) is 9.36 Å². The van der Waals surface area contributed by atoms with Crippen molar-refractivity contribution in [2.75, 3.05) is 47.5 Å². The van der Waals surface area contributed by atoms with Crippen molar-refractivity contribution >= 4 is 13.8 Å². The van der Waals surface area contributed by atoms with Crippen LogP contribution in [0.25, 0.3) is 0 Å². The highest BCUT2D eigenvalue weighted by Crippen LogP contribution is 2.38. The van der Waals surface area contributed by atoms with Crippen molar-refractivity contribution in [3.8, 4) is 0 Å². The van der Waals surface area contributed by atoms with E-state index >= 15 is 0 Å². The Hall–Kier alpha value is -2.52. The molecule has 0 saturated heterocycles. The Bertz CT molecular complexity index is 1220. The van der Waals surface area contributed by atoms with Crippen LogP contribution in [0.3, 0.4) is 0 Å². The van der Waals surface area contributed by atoms with Crippen LogP contribution in [-0.4, -0.2) is 75.3 Å². The normalized spacial score (nSPS) is 15.0. The predicted octanol–water partition coefficient (Wildman–Crippen LogP) is 12.0. The first kappa shape index (κ1) is 55.5. The van der Waals surface area contributed by atoms with Gasteiger partial charge in [-0.25, -0.2) is 0 Å². The maximum atomic E-state index is 12.6.